The average molecular weight is 290 g/mol. The fourth-order valence-corrected chi connectivity index (χ4v) is 2.87. The lowest BCUT2D eigenvalue weighted by molar-refractivity contribution is 0.317. The molecule has 0 fully saturated rings. The van der Waals surface area contributed by atoms with Crippen molar-refractivity contribution >= 4 is 11.3 Å². The molecule has 2 aromatic rings. The molecule has 0 aliphatic heterocycles. The maximum atomic E-state index is 5.91. The van der Waals surface area contributed by atoms with Gasteiger partial charge in [-0.3, -0.25) is 0 Å². The van der Waals surface area contributed by atoms with Crippen LogP contribution in [0.15, 0.2) is 29.6 Å². The van der Waals surface area contributed by atoms with E-state index in [1.807, 2.05) is 24.4 Å². The van der Waals surface area contributed by atoms with E-state index in [-0.39, 0.29) is 6.04 Å². The Balaban J connectivity index is 1.92. The Hall–Kier alpha value is -1.39. The molecule has 1 aromatic heterocycles. The summed E-state index contributed by atoms with van der Waals surface area (Å²) in [5.74, 6) is 1.45. The number of rotatable bonds is 6. The Bertz CT molecular complexity index is 549. The second kappa shape index (κ2) is 6.86. The number of aromatic nitrogens is 1. The van der Waals surface area contributed by atoms with Crippen molar-refractivity contribution in [3.05, 3.63) is 45.9 Å². The molecule has 2 rings (SSSR count). The van der Waals surface area contributed by atoms with Gasteiger partial charge in [-0.1, -0.05) is 32.0 Å². The van der Waals surface area contributed by atoms with Crippen LogP contribution < -0.4 is 10.5 Å². The van der Waals surface area contributed by atoms with Crippen molar-refractivity contribution in [1.82, 2.24) is 4.98 Å². The molecule has 108 valence electrons. The fourth-order valence-electron chi connectivity index (χ4n) is 1.99. The van der Waals surface area contributed by atoms with E-state index in [0.29, 0.717) is 12.5 Å². The number of ether oxygens (including phenoxy) is 1. The molecule has 0 radical (unpaired) electrons. The highest BCUT2D eigenvalue weighted by atomic mass is 32.1. The topological polar surface area (TPSA) is 48.1 Å². The SMILES string of the molecule is CC(C)c1ccccc1OCCc1nc(C(C)N)cs1. The summed E-state index contributed by atoms with van der Waals surface area (Å²) in [4.78, 5) is 4.51. The van der Waals surface area contributed by atoms with Crippen LogP contribution in [0.5, 0.6) is 5.75 Å². The smallest absolute Gasteiger partial charge is 0.122 e. The first-order valence-corrected chi connectivity index (χ1v) is 7.87. The summed E-state index contributed by atoms with van der Waals surface area (Å²) >= 11 is 1.65. The van der Waals surface area contributed by atoms with E-state index in [1.54, 1.807) is 11.3 Å². The van der Waals surface area contributed by atoms with Crippen molar-refractivity contribution in [2.75, 3.05) is 6.61 Å². The van der Waals surface area contributed by atoms with Crippen molar-refractivity contribution in [3.63, 3.8) is 0 Å². The molecular formula is C16H22N2OS. The predicted molar refractivity (Wildman–Crippen MR) is 84.4 cm³/mol. The van der Waals surface area contributed by atoms with E-state index in [1.165, 1.54) is 5.56 Å². The Labute approximate surface area is 124 Å². The minimum atomic E-state index is 0.00239. The van der Waals surface area contributed by atoms with Crippen molar-refractivity contribution < 1.29 is 4.74 Å². The number of thiazole rings is 1. The molecule has 0 saturated carbocycles. The maximum Gasteiger partial charge on any atom is 0.122 e. The van der Waals surface area contributed by atoms with Gasteiger partial charge in [-0.15, -0.1) is 11.3 Å². The maximum absolute atomic E-state index is 5.91. The Morgan fingerprint density at radius 2 is 2.00 bits per heavy atom. The lowest BCUT2D eigenvalue weighted by Gasteiger charge is -2.13. The van der Waals surface area contributed by atoms with E-state index in [4.69, 9.17) is 10.5 Å². The summed E-state index contributed by atoms with van der Waals surface area (Å²) in [6, 6.07) is 8.22. The monoisotopic (exact) mass is 290 g/mol. The molecule has 1 heterocycles. The fraction of sp³-hybridized carbons (Fsp3) is 0.438. The molecule has 3 nitrogen and oxygen atoms in total. The first-order chi connectivity index (χ1) is 9.58. The second-order valence-electron chi connectivity index (χ2n) is 5.25. The van der Waals surface area contributed by atoms with E-state index in [2.05, 4.69) is 31.0 Å². The van der Waals surface area contributed by atoms with Gasteiger partial charge in [0.2, 0.25) is 0 Å². The molecule has 0 aliphatic carbocycles. The first kappa shape index (κ1) is 15.0. The highest BCUT2D eigenvalue weighted by Crippen LogP contribution is 2.26. The number of hydrogen-bond acceptors (Lipinski definition) is 4. The van der Waals surface area contributed by atoms with Crippen LogP contribution in [0.3, 0.4) is 0 Å². The molecule has 20 heavy (non-hydrogen) atoms. The molecule has 1 atom stereocenters. The minimum absolute atomic E-state index is 0.00239. The lowest BCUT2D eigenvalue weighted by Crippen LogP contribution is -2.07. The van der Waals surface area contributed by atoms with Crippen LogP contribution in [0.4, 0.5) is 0 Å². The number of hydrogen-bond donors (Lipinski definition) is 1. The number of nitrogens with zero attached hydrogens (tertiary/aromatic N) is 1. The van der Waals surface area contributed by atoms with Gasteiger partial charge in [-0.05, 0) is 24.5 Å². The van der Waals surface area contributed by atoms with Crippen LogP contribution in [0.2, 0.25) is 0 Å². The van der Waals surface area contributed by atoms with E-state index in [0.717, 1.165) is 22.9 Å². The first-order valence-electron chi connectivity index (χ1n) is 6.99. The average Bonchev–Trinajstić information content (AvgIpc) is 2.88. The van der Waals surface area contributed by atoms with Crippen LogP contribution in [-0.2, 0) is 6.42 Å². The molecule has 0 bridgehead atoms. The third-order valence-electron chi connectivity index (χ3n) is 3.15. The van der Waals surface area contributed by atoms with Crippen LogP contribution in [0.25, 0.3) is 0 Å². The third-order valence-corrected chi connectivity index (χ3v) is 4.08. The largest absolute Gasteiger partial charge is 0.493 e. The standard InChI is InChI=1S/C16H22N2OS/c1-11(2)13-6-4-5-7-15(13)19-9-8-16-18-14(10-20-16)12(3)17/h4-7,10-12H,8-9,17H2,1-3H3. The van der Waals surface area contributed by atoms with Gasteiger partial charge >= 0.3 is 0 Å². The van der Waals surface area contributed by atoms with Gasteiger partial charge in [0.05, 0.1) is 17.3 Å². The third kappa shape index (κ3) is 3.81. The molecule has 1 unspecified atom stereocenters. The van der Waals surface area contributed by atoms with Crippen molar-refractivity contribution in [2.24, 2.45) is 5.73 Å². The van der Waals surface area contributed by atoms with Crippen LogP contribution in [-0.4, -0.2) is 11.6 Å². The van der Waals surface area contributed by atoms with Gasteiger partial charge < -0.3 is 10.5 Å². The Morgan fingerprint density at radius 1 is 1.25 bits per heavy atom. The Kier molecular flexibility index (Phi) is 5.15. The quantitative estimate of drug-likeness (QED) is 0.877. The highest BCUT2D eigenvalue weighted by molar-refractivity contribution is 7.09. The molecule has 4 heteroatoms. The van der Waals surface area contributed by atoms with Crippen molar-refractivity contribution in [2.45, 2.75) is 39.2 Å². The lowest BCUT2D eigenvalue weighted by atomic mass is 10.0. The van der Waals surface area contributed by atoms with Crippen LogP contribution in [0.1, 0.15) is 49.0 Å². The van der Waals surface area contributed by atoms with Crippen LogP contribution >= 0.6 is 11.3 Å². The van der Waals surface area contributed by atoms with Gasteiger partial charge in [0.15, 0.2) is 0 Å². The number of nitrogens with two attached hydrogens (primary N) is 1. The van der Waals surface area contributed by atoms with Crippen molar-refractivity contribution in [3.8, 4) is 5.75 Å². The van der Waals surface area contributed by atoms with Crippen LogP contribution in [0, 0.1) is 0 Å². The summed E-state index contributed by atoms with van der Waals surface area (Å²) < 4.78 is 5.91. The normalized spacial score (nSPS) is 12.7. The Morgan fingerprint density at radius 3 is 2.65 bits per heavy atom. The minimum Gasteiger partial charge on any atom is -0.493 e. The van der Waals surface area contributed by atoms with Gasteiger partial charge in [0.25, 0.3) is 0 Å². The van der Waals surface area contributed by atoms with Gasteiger partial charge in [0.1, 0.15) is 5.75 Å². The number of para-hydroxylation sites is 1. The molecule has 2 N–H and O–H groups in total. The zero-order chi connectivity index (χ0) is 14.5. The number of benzene rings is 1. The zero-order valence-corrected chi connectivity index (χ0v) is 13.1. The summed E-state index contributed by atoms with van der Waals surface area (Å²) in [5, 5.41) is 3.11. The summed E-state index contributed by atoms with van der Waals surface area (Å²) in [5.41, 5.74) is 8.03. The van der Waals surface area contributed by atoms with Crippen molar-refractivity contribution in [1.29, 1.82) is 0 Å². The summed E-state index contributed by atoms with van der Waals surface area (Å²) in [6.07, 6.45) is 0.823. The molecule has 0 amide bonds. The predicted octanol–water partition coefficient (Wildman–Crippen LogP) is 3.91. The highest BCUT2D eigenvalue weighted by Gasteiger charge is 2.08. The van der Waals surface area contributed by atoms with Gasteiger partial charge in [-0.2, -0.15) is 0 Å². The molecule has 0 spiro atoms. The van der Waals surface area contributed by atoms with E-state index >= 15 is 0 Å². The van der Waals surface area contributed by atoms with Gasteiger partial charge in [-0.25, -0.2) is 4.98 Å². The second-order valence-corrected chi connectivity index (χ2v) is 6.19. The molecule has 0 saturated heterocycles. The zero-order valence-electron chi connectivity index (χ0n) is 12.3. The summed E-state index contributed by atoms with van der Waals surface area (Å²) in [7, 11) is 0. The van der Waals surface area contributed by atoms with Gasteiger partial charge in [0, 0.05) is 17.8 Å². The molecular weight excluding hydrogens is 268 g/mol. The molecule has 0 aliphatic rings. The van der Waals surface area contributed by atoms with E-state index < -0.39 is 0 Å². The van der Waals surface area contributed by atoms with E-state index in [9.17, 15) is 0 Å². The molecule has 1 aromatic carbocycles. The summed E-state index contributed by atoms with van der Waals surface area (Å²) in [6.45, 7) is 6.96.